The monoisotopic (exact) mass is 589 g/mol. The number of hydrogen-bond acceptors (Lipinski definition) is 6. The van der Waals surface area contributed by atoms with Gasteiger partial charge in [-0.05, 0) is 48.1 Å². The summed E-state index contributed by atoms with van der Waals surface area (Å²) in [7, 11) is 0. The number of anilines is 2. The fourth-order valence-corrected chi connectivity index (χ4v) is 6.26. The maximum Gasteiger partial charge on any atom is 0.229 e. The Morgan fingerprint density at radius 3 is 2.60 bits per heavy atom. The predicted molar refractivity (Wildman–Crippen MR) is 164 cm³/mol. The van der Waals surface area contributed by atoms with Crippen molar-refractivity contribution >= 4 is 40.4 Å². The number of benzene rings is 2. The number of rotatable bonds is 9. The molecule has 42 heavy (non-hydrogen) atoms. The molecule has 2 aliphatic rings. The zero-order valence-electron chi connectivity index (χ0n) is 23.8. The van der Waals surface area contributed by atoms with Crippen LogP contribution < -0.4 is 10.2 Å². The topological polar surface area (TPSA) is 79.2 Å². The van der Waals surface area contributed by atoms with E-state index in [1.165, 1.54) is 37.8 Å². The van der Waals surface area contributed by atoms with Gasteiger partial charge in [0, 0.05) is 44.2 Å². The Kier molecular flexibility index (Phi) is 8.84. The minimum atomic E-state index is -0.268. The van der Waals surface area contributed by atoms with Crippen molar-refractivity contribution in [3.05, 3.63) is 76.8 Å². The van der Waals surface area contributed by atoms with Gasteiger partial charge in [0.15, 0.2) is 17.0 Å². The Balaban J connectivity index is 1.23. The maximum atomic E-state index is 13.5. The summed E-state index contributed by atoms with van der Waals surface area (Å²) in [5.41, 5.74) is 3.27. The largest absolute Gasteiger partial charge is 0.364 e. The van der Waals surface area contributed by atoms with E-state index < -0.39 is 0 Å². The van der Waals surface area contributed by atoms with Gasteiger partial charge in [0.05, 0.1) is 12.9 Å². The molecular formula is C32H37ClFN7O. The summed E-state index contributed by atoms with van der Waals surface area (Å²) in [6.07, 6.45) is 9.43. The number of hydrogen-bond donors (Lipinski definition) is 1. The molecule has 1 saturated heterocycles. The highest BCUT2D eigenvalue weighted by molar-refractivity contribution is 6.31. The lowest BCUT2D eigenvalue weighted by molar-refractivity contribution is -0.131. The lowest BCUT2D eigenvalue weighted by Gasteiger charge is -2.23. The molecule has 2 fully saturated rings. The van der Waals surface area contributed by atoms with Gasteiger partial charge >= 0.3 is 0 Å². The Hall–Kier alpha value is -3.72. The van der Waals surface area contributed by atoms with Gasteiger partial charge in [0.25, 0.3) is 0 Å². The van der Waals surface area contributed by atoms with E-state index in [2.05, 4.69) is 15.2 Å². The zero-order chi connectivity index (χ0) is 28.9. The fourth-order valence-electron chi connectivity index (χ4n) is 6.06. The number of aromatic nitrogens is 4. The summed E-state index contributed by atoms with van der Waals surface area (Å²) in [6.45, 7) is 3.81. The molecule has 0 bridgehead atoms. The second-order valence-corrected chi connectivity index (χ2v) is 11.8. The third kappa shape index (κ3) is 6.67. The number of imidazole rings is 1. The molecule has 0 atom stereocenters. The highest BCUT2D eigenvalue weighted by Gasteiger charge is 2.24. The van der Waals surface area contributed by atoms with E-state index in [4.69, 9.17) is 21.6 Å². The number of nitrogens with zero attached hydrogens (tertiary/aromatic N) is 6. The fraction of sp³-hybridized carbons (Fsp3) is 0.438. The molecule has 6 rings (SSSR count). The van der Waals surface area contributed by atoms with Gasteiger partial charge in [-0.25, -0.2) is 9.37 Å². The van der Waals surface area contributed by atoms with Crippen molar-refractivity contribution in [3.8, 4) is 0 Å². The van der Waals surface area contributed by atoms with E-state index in [0.717, 1.165) is 37.1 Å². The molecular weight excluding hydrogens is 553 g/mol. The molecule has 8 nitrogen and oxygen atoms in total. The molecule has 2 aromatic carbocycles. The Bertz CT molecular complexity index is 1520. The quantitative estimate of drug-likeness (QED) is 0.247. The van der Waals surface area contributed by atoms with Crippen molar-refractivity contribution in [1.29, 1.82) is 0 Å². The lowest BCUT2D eigenvalue weighted by atomic mass is 10.0. The van der Waals surface area contributed by atoms with Gasteiger partial charge in [-0.3, -0.25) is 4.79 Å². The first-order chi connectivity index (χ1) is 20.5. The van der Waals surface area contributed by atoms with Gasteiger partial charge in [-0.1, -0.05) is 67.6 Å². The van der Waals surface area contributed by atoms with E-state index in [1.807, 2.05) is 33.7 Å². The molecule has 1 N–H and O–H groups in total. The maximum absolute atomic E-state index is 13.5. The van der Waals surface area contributed by atoms with Crippen molar-refractivity contribution in [2.75, 3.05) is 36.4 Å². The van der Waals surface area contributed by atoms with Crippen LogP contribution in [0, 0.1) is 11.7 Å². The number of fused-ring (bicyclic) bond motifs is 1. The number of amides is 1. The minimum Gasteiger partial charge on any atom is -0.364 e. The standard InChI is InChI=1S/C32H37ClFN7O/c33-27-9-4-3-8-25(27)21-41-22-36-29-30(35-20-24-10-13-26(34)14-11-24)37-32(38-31(29)41)40-17-5-16-39(18-19-40)28(42)15-12-23-6-1-2-7-23/h3-4,8-11,13-14,22-23H,1-2,5-7,12,15-21H2,(H,35,37,38). The van der Waals surface area contributed by atoms with Crippen molar-refractivity contribution in [3.63, 3.8) is 0 Å². The lowest BCUT2D eigenvalue weighted by Crippen LogP contribution is -2.35. The van der Waals surface area contributed by atoms with Crippen LogP contribution in [0.2, 0.25) is 5.02 Å². The van der Waals surface area contributed by atoms with Crippen LogP contribution >= 0.6 is 11.6 Å². The summed E-state index contributed by atoms with van der Waals surface area (Å²) < 4.78 is 15.4. The summed E-state index contributed by atoms with van der Waals surface area (Å²) in [6, 6.07) is 14.2. The minimum absolute atomic E-state index is 0.264. The molecule has 0 spiro atoms. The first-order valence-electron chi connectivity index (χ1n) is 15.0. The van der Waals surface area contributed by atoms with Crippen LogP contribution in [0.1, 0.15) is 56.1 Å². The highest BCUT2D eigenvalue weighted by Crippen LogP contribution is 2.29. The second-order valence-electron chi connectivity index (χ2n) is 11.4. The molecule has 1 amide bonds. The highest BCUT2D eigenvalue weighted by atomic mass is 35.5. The summed E-state index contributed by atoms with van der Waals surface area (Å²) >= 11 is 6.48. The molecule has 0 unspecified atom stereocenters. The number of nitrogens with one attached hydrogen (secondary N) is 1. The van der Waals surface area contributed by atoms with Crippen molar-refractivity contribution in [2.24, 2.45) is 5.92 Å². The van der Waals surface area contributed by atoms with Crippen LogP contribution in [0.5, 0.6) is 0 Å². The first-order valence-corrected chi connectivity index (χ1v) is 15.4. The van der Waals surface area contributed by atoms with Gasteiger partial charge in [-0.2, -0.15) is 9.97 Å². The molecule has 1 aliphatic carbocycles. The molecule has 1 aliphatic heterocycles. The smallest absolute Gasteiger partial charge is 0.229 e. The molecule has 220 valence electrons. The molecule has 4 aromatic rings. The Morgan fingerprint density at radius 2 is 1.79 bits per heavy atom. The van der Waals surface area contributed by atoms with Crippen LogP contribution in [0.4, 0.5) is 16.2 Å². The predicted octanol–water partition coefficient (Wildman–Crippen LogP) is 6.29. The zero-order valence-corrected chi connectivity index (χ0v) is 24.6. The van der Waals surface area contributed by atoms with Crippen molar-refractivity contribution in [2.45, 2.75) is 58.0 Å². The number of halogens is 2. The van der Waals surface area contributed by atoms with E-state index in [0.29, 0.717) is 66.5 Å². The van der Waals surface area contributed by atoms with E-state index in [1.54, 1.807) is 18.5 Å². The average molecular weight is 590 g/mol. The molecule has 3 heterocycles. The number of carbonyl (C=O) groups excluding carboxylic acids is 1. The molecule has 0 radical (unpaired) electrons. The summed E-state index contributed by atoms with van der Waals surface area (Å²) in [5.74, 6) is 1.93. The van der Waals surface area contributed by atoms with Crippen molar-refractivity contribution < 1.29 is 9.18 Å². The first kappa shape index (κ1) is 28.4. The van der Waals surface area contributed by atoms with Crippen LogP contribution in [0.15, 0.2) is 54.9 Å². The third-order valence-corrected chi connectivity index (χ3v) is 8.87. The Morgan fingerprint density at radius 1 is 0.976 bits per heavy atom. The number of carbonyl (C=O) groups is 1. The molecule has 1 saturated carbocycles. The SMILES string of the molecule is O=C(CCC1CCCC1)N1CCCN(c2nc(NCc3ccc(F)cc3)c3ncn(Cc4ccccc4Cl)c3n2)CC1. The third-order valence-electron chi connectivity index (χ3n) is 8.50. The van der Waals surface area contributed by atoms with Gasteiger partial charge in [0.2, 0.25) is 11.9 Å². The molecule has 2 aromatic heterocycles. The Labute approximate surface area is 250 Å². The summed E-state index contributed by atoms with van der Waals surface area (Å²) in [5, 5.41) is 4.10. The van der Waals surface area contributed by atoms with Crippen LogP contribution in [0.25, 0.3) is 11.2 Å². The van der Waals surface area contributed by atoms with Crippen LogP contribution in [-0.2, 0) is 17.9 Å². The van der Waals surface area contributed by atoms with E-state index in [9.17, 15) is 9.18 Å². The normalized spacial score (nSPS) is 16.2. The van der Waals surface area contributed by atoms with Crippen LogP contribution in [-0.4, -0.2) is 56.5 Å². The van der Waals surface area contributed by atoms with Gasteiger partial charge in [-0.15, -0.1) is 0 Å². The van der Waals surface area contributed by atoms with Crippen molar-refractivity contribution in [1.82, 2.24) is 24.4 Å². The van der Waals surface area contributed by atoms with E-state index in [-0.39, 0.29) is 11.7 Å². The second kappa shape index (κ2) is 13.1. The van der Waals surface area contributed by atoms with Gasteiger partial charge < -0.3 is 19.7 Å². The van der Waals surface area contributed by atoms with Crippen LogP contribution in [0.3, 0.4) is 0 Å². The summed E-state index contributed by atoms with van der Waals surface area (Å²) in [4.78, 5) is 31.8. The van der Waals surface area contributed by atoms with E-state index >= 15 is 0 Å². The average Bonchev–Trinajstić information content (AvgIpc) is 3.60. The van der Waals surface area contributed by atoms with Gasteiger partial charge in [0.1, 0.15) is 5.82 Å². The molecule has 10 heteroatoms.